The average molecular weight is 291 g/mol. The highest BCUT2D eigenvalue weighted by Crippen LogP contribution is 2.26. The van der Waals surface area contributed by atoms with Gasteiger partial charge in [-0.2, -0.15) is 0 Å². The molecule has 5 heteroatoms. The maximum atomic E-state index is 4.57. The molecule has 0 aliphatic carbocycles. The first-order valence-electron chi connectivity index (χ1n) is 8.16. The topological polar surface area (TPSA) is 44.3 Å². The minimum absolute atomic E-state index is 0.544. The third-order valence-electron chi connectivity index (χ3n) is 4.30. The monoisotopic (exact) mass is 291 g/mol. The molecule has 2 rings (SSSR count). The van der Waals surface area contributed by atoms with E-state index in [1.165, 1.54) is 24.9 Å². The molecule has 1 aromatic heterocycles. The van der Waals surface area contributed by atoms with Gasteiger partial charge >= 0.3 is 0 Å². The van der Waals surface area contributed by atoms with Crippen molar-refractivity contribution in [1.29, 1.82) is 0 Å². The van der Waals surface area contributed by atoms with Crippen molar-refractivity contribution in [2.24, 2.45) is 0 Å². The van der Waals surface area contributed by atoms with Gasteiger partial charge in [-0.25, -0.2) is 9.97 Å². The summed E-state index contributed by atoms with van der Waals surface area (Å²) in [7, 11) is 4.38. The lowest BCUT2D eigenvalue weighted by molar-refractivity contribution is 0.247. The predicted octanol–water partition coefficient (Wildman–Crippen LogP) is 2.39. The smallest absolute Gasteiger partial charge is 0.137 e. The molecule has 21 heavy (non-hydrogen) atoms. The van der Waals surface area contributed by atoms with E-state index in [1.807, 2.05) is 0 Å². The van der Waals surface area contributed by atoms with E-state index in [4.69, 9.17) is 0 Å². The fourth-order valence-corrected chi connectivity index (χ4v) is 3.06. The molecule has 1 aliphatic heterocycles. The molecular formula is C16H29N5. The van der Waals surface area contributed by atoms with Crippen molar-refractivity contribution in [3.8, 4) is 0 Å². The summed E-state index contributed by atoms with van der Waals surface area (Å²) < 4.78 is 0. The zero-order valence-electron chi connectivity index (χ0n) is 13.9. The Hall–Kier alpha value is -1.36. The van der Waals surface area contributed by atoms with E-state index in [2.05, 4.69) is 53.0 Å². The van der Waals surface area contributed by atoms with Crippen LogP contribution in [-0.2, 0) is 6.42 Å². The minimum atomic E-state index is 0.544. The molecule has 1 aliphatic rings. The molecule has 2 heterocycles. The summed E-state index contributed by atoms with van der Waals surface area (Å²) in [6, 6.07) is 0.544. The molecule has 0 aromatic carbocycles. The highest BCUT2D eigenvalue weighted by Gasteiger charge is 2.24. The Morgan fingerprint density at radius 1 is 1.38 bits per heavy atom. The van der Waals surface area contributed by atoms with Crippen LogP contribution in [-0.4, -0.2) is 54.6 Å². The number of hydrogen-bond acceptors (Lipinski definition) is 5. The van der Waals surface area contributed by atoms with Gasteiger partial charge in [-0.1, -0.05) is 13.8 Å². The van der Waals surface area contributed by atoms with E-state index in [0.717, 1.165) is 37.6 Å². The lowest BCUT2D eigenvalue weighted by Crippen LogP contribution is -2.45. The number of aromatic nitrogens is 2. The summed E-state index contributed by atoms with van der Waals surface area (Å²) in [5, 5.41) is 3.43. The lowest BCUT2D eigenvalue weighted by Gasteiger charge is -2.37. The fraction of sp³-hybridized carbons (Fsp3) is 0.750. The van der Waals surface area contributed by atoms with Crippen LogP contribution in [0.2, 0.25) is 0 Å². The van der Waals surface area contributed by atoms with Crippen LogP contribution in [0.3, 0.4) is 0 Å². The summed E-state index contributed by atoms with van der Waals surface area (Å²) in [5.41, 5.74) is 1.24. The first-order chi connectivity index (χ1) is 10.2. The van der Waals surface area contributed by atoms with Crippen molar-refractivity contribution in [3.05, 3.63) is 11.9 Å². The third kappa shape index (κ3) is 3.84. The summed E-state index contributed by atoms with van der Waals surface area (Å²) in [4.78, 5) is 13.8. The Morgan fingerprint density at radius 2 is 2.19 bits per heavy atom. The van der Waals surface area contributed by atoms with Crippen molar-refractivity contribution in [2.45, 2.75) is 45.6 Å². The molecule has 1 N–H and O–H groups in total. The largest absolute Gasteiger partial charge is 0.370 e. The molecule has 0 bridgehead atoms. The molecule has 1 atom stereocenters. The number of likely N-dealkylation sites (N-methyl/N-ethyl adjacent to an activating group) is 2. The highest BCUT2D eigenvalue weighted by molar-refractivity contribution is 5.59. The summed E-state index contributed by atoms with van der Waals surface area (Å²) in [6.07, 6.45) is 6.25. The van der Waals surface area contributed by atoms with Gasteiger partial charge in [0.25, 0.3) is 0 Å². The van der Waals surface area contributed by atoms with Crippen LogP contribution in [0.15, 0.2) is 6.33 Å². The highest BCUT2D eigenvalue weighted by atomic mass is 15.2. The molecule has 0 amide bonds. The van der Waals surface area contributed by atoms with Crippen LogP contribution in [0.4, 0.5) is 11.6 Å². The average Bonchev–Trinajstić information content (AvgIpc) is 2.51. The maximum absolute atomic E-state index is 4.57. The molecular weight excluding hydrogens is 262 g/mol. The Labute approximate surface area is 128 Å². The number of piperidine rings is 1. The molecule has 0 saturated carbocycles. The van der Waals surface area contributed by atoms with Crippen LogP contribution in [0.5, 0.6) is 0 Å². The number of rotatable bonds is 6. The van der Waals surface area contributed by atoms with Gasteiger partial charge in [0.1, 0.15) is 18.0 Å². The van der Waals surface area contributed by atoms with Gasteiger partial charge in [-0.15, -0.1) is 0 Å². The van der Waals surface area contributed by atoms with E-state index in [0.29, 0.717) is 6.04 Å². The van der Waals surface area contributed by atoms with Gasteiger partial charge in [0.05, 0.1) is 0 Å². The fourth-order valence-electron chi connectivity index (χ4n) is 3.06. The van der Waals surface area contributed by atoms with Crippen molar-refractivity contribution < 1.29 is 0 Å². The van der Waals surface area contributed by atoms with Crippen LogP contribution >= 0.6 is 0 Å². The van der Waals surface area contributed by atoms with Gasteiger partial charge in [-0.3, -0.25) is 0 Å². The van der Waals surface area contributed by atoms with E-state index in [-0.39, 0.29) is 0 Å². The normalized spacial score (nSPS) is 19.5. The standard InChI is InChI=1S/C16H29N5/c1-5-9-17-15-14(6-2)16(19-12-18-15)21(4)13-8-7-10-20(3)11-13/h12-13H,5-11H2,1-4H3,(H,17,18,19). The minimum Gasteiger partial charge on any atom is -0.370 e. The number of nitrogens with zero attached hydrogens (tertiary/aromatic N) is 4. The molecule has 0 spiro atoms. The van der Waals surface area contributed by atoms with E-state index >= 15 is 0 Å². The quantitative estimate of drug-likeness (QED) is 0.872. The molecule has 1 fully saturated rings. The zero-order chi connectivity index (χ0) is 15.2. The van der Waals surface area contributed by atoms with Crippen LogP contribution in [0.25, 0.3) is 0 Å². The molecule has 0 radical (unpaired) electrons. The first-order valence-corrected chi connectivity index (χ1v) is 8.16. The van der Waals surface area contributed by atoms with Crippen LogP contribution in [0, 0.1) is 0 Å². The van der Waals surface area contributed by atoms with Crippen LogP contribution in [0.1, 0.15) is 38.7 Å². The third-order valence-corrected chi connectivity index (χ3v) is 4.30. The Kier molecular flexibility index (Phi) is 5.79. The molecule has 1 saturated heterocycles. The second-order valence-electron chi connectivity index (χ2n) is 5.97. The first kappa shape index (κ1) is 16.0. The summed E-state index contributed by atoms with van der Waals surface area (Å²) >= 11 is 0. The number of likely N-dealkylation sites (tertiary alicyclic amines) is 1. The molecule has 1 unspecified atom stereocenters. The van der Waals surface area contributed by atoms with Gasteiger partial charge in [0, 0.05) is 31.7 Å². The second kappa shape index (κ2) is 7.59. The van der Waals surface area contributed by atoms with Crippen LogP contribution < -0.4 is 10.2 Å². The van der Waals surface area contributed by atoms with E-state index < -0.39 is 0 Å². The molecule has 5 nitrogen and oxygen atoms in total. The van der Waals surface area contributed by atoms with Gasteiger partial charge in [-0.05, 0) is 39.3 Å². The maximum Gasteiger partial charge on any atom is 0.137 e. The van der Waals surface area contributed by atoms with Gasteiger partial charge in [0.2, 0.25) is 0 Å². The zero-order valence-corrected chi connectivity index (χ0v) is 13.9. The molecule has 118 valence electrons. The Morgan fingerprint density at radius 3 is 2.86 bits per heavy atom. The van der Waals surface area contributed by atoms with Gasteiger partial charge in [0.15, 0.2) is 0 Å². The Balaban J connectivity index is 2.21. The van der Waals surface area contributed by atoms with Crippen molar-refractivity contribution in [1.82, 2.24) is 14.9 Å². The number of nitrogens with one attached hydrogen (secondary N) is 1. The van der Waals surface area contributed by atoms with E-state index in [9.17, 15) is 0 Å². The van der Waals surface area contributed by atoms with Crippen molar-refractivity contribution in [3.63, 3.8) is 0 Å². The Bertz CT molecular complexity index is 448. The van der Waals surface area contributed by atoms with Crippen molar-refractivity contribution in [2.75, 3.05) is 43.9 Å². The van der Waals surface area contributed by atoms with Crippen molar-refractivity contribution >= 4 is 11.6 Å². The SMILES string of the molecule is CCCNc1ncnc(N(C)C2CCCN(C)C2)c1CC. The lowest BCUT2D eigenvalue weighted by atomic mass is 10.0. The predicted molar refractivity (Wildman–Crippen MR) is 89.1 cm³/mol. The molecule has 1 aromatic rings. The second-order valence-corrected chi connectivity index (χ2v) is 5.97. The number of anilines is 2. The summed E-state index contributed by atoms with van der Waals surface area (Å²) in [5.74, 6) is 2.09. The summed E-state index contributed by atoms with van der Waals surface area (Å²) in [6.45, 7) is 7.63. The number of hydrogen-bond donors (Lipinski definition) is 1. The van der Waals surface area contributed by atoms with E-state index in [1.54, 1.807) is 6.33 Å². The van der Waals surface area contributed by atoms with Gasteiger partial charge < -0.3 is 15.1 Å².